The summed E-state index contributed by atoms with van der Waals surface area (Å²) < 4.78 is 5.67. The summed E-state index contributed by atoms with van der Waals surface area (Å²) in [7, 11) is 4.01. The molecule has 6 nitrogen and oxygen atoms in total. The summed E-state index contributed by atoms with van der Waals surface area (Å²) in [4.78, 5) is 29.3. The maximum Gasteiger partial charge on any atom is 0.240 e. The molecule has 0 fully saturated rings. The van der Waals surface area contributed by atoms with Crippen molar-refractivity contribution in [1.82, 2.24) is 10.2 Å². The van der Waals surface area contributed by atoms with E-state index in [-0.39, 0.29) is 18.4 Å². The van der Waals surface area contributed by atoms with Gasteiger partial charge in [0.15, 0.2) is 0 Å². The monoisotopic (exact) mass is 399 g/mol. The predicted octanol–water partition coefficient (Wildman–Crippen LogP) is 2.38. The molecular formula is C21H25N3O3S. The van der Waals surface area contributed by atoms with Gasteiger partial charge >= 0.3 is 0 Å². The number of carbonyl (C=O) groups excluding carboxylic acids is 2. The molecule has 7 heteroatoms. The fourth-order valence-corrected chi connectivity index (χ4v) is 3.71. The highest BCUT2D eigenvalue weighted by atomic mass is 32.2. The summed E-state index contributed by atoms with van der Waals surface area (Å²) in [5.74, 6) is 0.948. The molecule has 0 atom stereocenters. The summed E-state index contributed by atoms with van der Waals surface area (Å²) in [6.07, 6.45) is 0. The third-order valence-corrected chi connectivity index (χ3v) is 5.38. The summed E-state index contributed by atoms with van der Waals surface area (Å²) in [6.45, 7) is 1.93. The molecule has 0 unspecified atom stereocenters. The second kappa shape index (κ2) is 9.61. The second-order valence-electron chi connectivity index (χ2n) is 6.81. The highest BCUT2D eigenvalue weighted by Crippen LogP contribution is 2.34. The summed E-state index contributed by atoms with van der Waals surface area (Å²) in [6, 6.07) is 15.3. The van der Waals surface area contributed by atoms with Crippen LogP contribution in [0.4, 0.5) is 5.69 Å². The largest absolute Gasteiger partial charge is 0.492 e. The molecule has 0 aliphatic carbocycles. The third-order valence-electron chi connectivity index (χ3n) is 4.33. The van der Waals surface area contributed by atoms with Gasteiger partial charge in [0.1, 0.15) is 18.9 Å². The van der Waals surface area contributed by atoms with Crippen molar-refractivity contribution in [3.8, 4) is 5.75 Å². The number of thioether (sulfide) groups is 1. The van der Waals surface area contributed by atoms with Crippen LogP contribution in [0.5, 0.6) is 5.75 Å². The zero-order valence-corrected chi connectivity index (χ0v) is 17.0. The van der Waals surface area contributed by atoms with Crippen molar-refractivity contribution in [1.29, 1.82) is 0 Å². The molecule has 1 aliphatic heterocycles. The Hall–Kier alpha value is -2.51. The Morgan fingerprint density at radius 3 is 2.68 bits per heavy atom. The molecule has 148 valence electrons. The maximum absolute atomic E-state index is 12.4. The topological polar surface area (TPSA) is 61.9 Å². The van der Waals surface area contributed by atoms with Crippen molar-refractivity contribution in [3.63, 3.8) is 0 Å². The Morgan fingerprint density at radius 1 is 1.18 bits per heavy atom. The minimum Gasteiger partial charge on any atom is -0.492 e. The molecule has 1 N–H and O–H groups in total. The van der Waals surface area contributed by atoms with Gasteiger partial charge in [0.25, 0.3) is 0 Å². The Kier molecular flexibility index (Phi) is 6.95. The molecule has 0 saturated carbocycles. The van der Waals surface area contributed by atoms with E-state index in [4.69, 9.17) is 4.74 Å². The van der Waals surface area contributed by atoms with Crippen molar-refractivity contribution in [2.75, 3.05) is 44.4 Å². The van der Waals surface area contributed by atoms with Crippen molar-refractivity contribution in [2.24, 2.45) is 0 Å². The smallest absolute Gasteiger partial charge is 0.240 e. The zero-order chi connectivity index (χ0) is 19.9. The lowest BCUT2D eigenvalue weighted by molar-refractivity contribution is -0.123. The second-order valence-corrected chi connectivity index (χ2v) is 7.83. The number of benzene rings is 2. The van der Waals surface area contributed by atoms with Crippen LogP contribution in [0.25, 0.3) is 0 Å². The van der Waals surface area contributed by atoms with Gasteiger partial charge in [-0.05, 0) is 43.9 Å². The fourth-order valence-electron chi connectivity index (χ4n) is 2.78. The number of ether oxygens (including phenoxy) is 1. The number of hydrogen-bond donors (Lipinski definition) is 1. The normalized spacial score (nSPS) is 13.4. The van der Waals surface area contributed by atoms with Gasteiger partial charge in [0.2, 0.25) is 11.8 Å². The van der Waals surface area contributed by atoms with Crippen molar-refractivity contribution in [3.05, 3.63) is 54.1 Å². The summed E-state index contributed by atoms with van der Waals surface area (Å²) in [5, 5.41) is 2.89. The van der Waals surface area contributed by atoms with Crippen LogP contribution in [0, 0.1) is 0 Å². The Labute approximate surface area is 169 Å². The predicted molar refractivity (Wildman–Crippen MR) is 112 cm³/mol. The first-order valence-corrected chi connectivity index (χ1v) is 10.2. The third kappa shape index (κ3) is 5.50. The van der Waals surface area contributed by atoms with Crippen LogP contribution in [0.3, 0.4) is 0 Å². The number of anilines is 1. The first-order chi connectivity index (χ1) is 13.5. The number of fused-ring (bicyclic) bond motifs is 1. The summed E-state index contributed by atoms with van der Waals surface area (Å²) >= 11 is 1.51. The number of carbonyl (C=O) groups is 2. The van der Waals surface area contributed by atoms with Gasteiger partial charge in [0, 0.05) is 18.0 Å². The van der Waals surface area contributed by atoms with Crippen LogP contribution < -0.4 is 15.0 Å². The van der Waals surface area contributed by atoms with Gasteiger partial charge in [-0.15, -0.1) is 11.8 Å². The number of nitrogens with one attached hydrogen (secondary N) is 1. The number of likely N-dealkylation sites (N-methyl/N-ethyl adjacent to an activating group) is 1. The average molecular weight is 400 g/mol. The number of amides is 2. The first-order valence-electron chi connectivity index (χ1n) is 9.18. The van der Waals surface area contributed by atoms with E-state index in [2.05, 4.69) is 10.2 Å². The van der Waals surface area contributed by atoms with Crippen LogP contribution in [0.15, 0.2) is 53.4 Å². The molecule has 0 spiro atoms. The minimum absolute atomic E-state index is 0.0299. The van der Waals surface area contributed by atoms with E-state index in [9.17, 15) is 9.59 Å². The molecule has 2 aromatic rings. The van der Waals surface area contributed by atoms with Gasteiger partial charge in [-0.3, -0.25) is 9.59 Å². The van der Waals surface area contributed by atoms with Gasteiger partial charge in [-0.1, -0.05) is 24.3 Å². The number of para-hydroxylation sites is 1. The Balaban J connectivity index is 1.50. The minimum atomic E-state index is -0.179. The lowest BCUT2D eigenvalue weighted by atomic mass is 10.2. The Morgan fingerprint density at radius 2 is 1.93 bits per heavy atom. The molecule has 1 heterocycles. The quantitative estimate of drug-likeness (QED) is 0.739. The van der Waals surface area contributed by atoms with Crippen molar-refractivity contribution < 1.29 is 14.3 Å². The lowest BCUT2D eigenvalue weighted by Crippen LogP contribution is -2.43. The zero-order valence-electron chi connectivity index (χ0n) is 16.2. The summed E-state index contributed by atoms with van der Waals surface area (Å²) in [5.41, 5.74) is 1.78. The van der Waals surface area contributed by atoms with E-state index in [1.165, 1.54) is 11.8 Å². The number of hydrogen-bond acceptors (Lipinski definition) is 5. The molecule has 0 radical (unpaired) electrons. The van der Waals surface area contributed by atoms with Crippen molar-refractivity contribution in [2.45, 2.75) is 11.4 Å². The average Bonchev–Trinajstić information content (AvgIpc) is 2.69. The highest BCUT2D eigenvalue weighted by molar-refractivity contribution is 8.00. The molecule has 28 heavy (non-hydrogen) atoms. The molecule has 0 bridgehead atoms. The van der Waals surface area contributed by atoms with Gasteiger partial charge in [0.05, 0.1) is 11.4 Å². The van der Waals surface area contributed by atoms with Crippen LogP contribution >= 0.6 is 11.8 Å². The molecular weight excluding hydrogens is 374 g/mol. The van der Waals surface area contributed by atoms with E-state index < -0.39 is 0 Å². The van der Waals surface area contributed by atoms with Crippen LogP contribution in [-0.2, 0) is 16.1 Å². The van der Waals surface area contributed by atoms with Crippen LogP contribution in [0.1, 0.15) is 5.56 Å². The number of rotatable bonds is 8. The standard InChI is InChI=1S/C21H25N3O3S/c1-23(2)11-12-27-17-9-7-16(8-10-17)13-22-20(25)14-24-18-5-3-4-6-19(18)28-15-21(24)26/h3-10H,11-15H2,1-2H3,(H,22,25). The van der Waals surface area contributed by atoms with Gasteiger partial charge in [-0.2, -0.15) is 0 Å². The molecule has 3 rings (SSSR count). The lowest BCUT2D eigenvalue weighted by Gasteiger charge is -2.28. The molecule has 1 aliphatic rings. The van der Waals surface area contributed by atoms with Gasteiger partial charge in [-0.25, -0.2) is 0 Å². The van der Waals surface area contributed by atoms with E-state index in [0.717, 1.165) is 28.4 Å². The van der Waals surface area contributed by atoms with E-state index >= 15 is 0 Å². The molecule has 0 aromatic heterocycles. The first kappa shape index (κ1) is 20.2. The van der Waals surface area contributed by atoms with Crippen LogP contribution in [0.2, 0.25) is 0 Å². The Bertz CT molecular complexity index is 824. The molecule has 2 aromatic carbocycles. The molecule has 2 amide bonds. The highest BCUT2D eigenvalue weighted by Gasteiger charge is 2.25. The fraction of sp³-hybridized carbons (Fsp3) is 0.333. The van der Waals surface area contributed by atoms with E-state index in [1.54, 1.807) is 4.90 Å². The van der Waals surface area contributed by atoms with Crippen LogP contribution in [-0.4, -0.2) is 56.3 Å². The van der Waals surface area contributed by atoms with Gasteiger partial charge < -0.3 is 19.9 Å². The maximum atomic E-state index is 12.4. The molecule has 0 saturated heterocycles. The van der Waals surface area contributed by atoms with E-state index in [0.29, 0.717) is 18.9 Å². The SMILES string of the molecule is CN(C)CCOc1ccc(CNC(=O)CN2C(=O)CSc3ccccc32)cc1. The van der Waals surface area contributed by atoms with Crippen molar-refractivity contribution >= 4 is 29.3 Å². The van der Waals surface area contributed by atoms with E-state index in [1.807, 2.05) is 62.6 Å². The number of nitrogens with zero attached hydrogens (tertiary/aromatic N) is 2.